The van der Waals surface area contributed by atoms with Crippen LogP contribution >= 0.6 is 0 Å². The van der Waals surface area contributed by atoms with Crippen LogP contribution in [0, 0.1) is 0 Å². The van der Waals surface area contributed by atoms with Gasteiger partial charge in [-0.2, -0.15) is 13.2 Å². The van der Waals surface area contributed by atoms with Crippen molar-refractivity contribution in [2.75, 3.05) is 13.1 Å². The van der Waals surface area contributed by atoms with E-state index in [9.17, 15) is 22.8 Å². The Morgan fingerprint density at radius 1 is 1.35 bits per heavy atom. The summed E-state index contributed by atoms with van der Waals surface area (Å²) in [5.41, 5.74) is 0. The summed E-state index contributed by atoms with van der Waals surface area (Å²) >= 11 is 0. The predicted octanol–water partition coefficient (Wildman–Crippen LogP) is 0.508. The summed E-state index contributed by atoms with van der Waals surface area (Å²) in [6, 6.07) is -0.920. The van der Waals surface area contributed by atoms with Crippen LogP contribution in [-0.2, 0) is 9.59 Å². The number of rotatable bonds is 7. The average molecular weight is 256 g/mol. The highest BCUT2D eigenvalue weighted by molar-refractivity contribution is 5.79. The fraction of sp³-hybridized carbons (Fsp3) is 0.778. The maximum Gasteiger partial charge on any atom is 0.405 e. The Bertz CT molecular complexity index is 269. The minimum Gasteiger partial charge on any atom is -0.480 e. The Balaban J connectivity index is 3.92. The van der Waals surface area contributed by atoms with Crippen LogP contribution in [0.2, 0.25) is 0 Å². The van der Waals surface area contributed by atoms with Gasteiger partial charge in [-0.25, -0.2) is 0 Å². The van der Waals surface area contributed by atoms with Crippen LogP contribution in [0.5, 0.6) is 0 Å². The largest absolute Gasteiger partial charge is 0.480 e. The molecule has 1 amide bonds. The Hall–Kier alpha value is -1.31. The lowest BCUT2D eigenvalue weighted by Crippen LogP contribution is -2.44. The number of nitrogens with one attached hydrogen (secondary N) is 2. The molecule has 0 fully saturated rings. The van der Waals surface area contributed by atoms with Gasteiger partial charge in [-0.1, -0.05) is 13.3 Å². The zero-order chi connectivity index (χ0) is 13.5. The lowest BCUT2D eigenvalue weighted by atomic mass is 10.2. The van der Waals surface area contributed by atoms with E-state index in [1.165, 1.54) is 0 Å². The molecule has 0 rings (SSSR count). The van der Waals surface area contributed by atoms with Crippen molar-refractivity contribution in [3.63, 3.8) is 0 Å². The molecule has 0 radical (unpaired) electrons. The Labute approximate surface area is 96.4 Å². The molecule has 1 unspecified atom stereocenters. The second-order valence-electron chi connectivity index (χ2n) is 3.45. The average Bonchev–Trinajstić information content (AvgIpc) is 2.19. The first kappa shape index (κ1) is 15.7. The van der Waals surface area contributed by atoms with Crippen LogP contribution in [0.15, 0.2) is 0 Å². The van der Waals surface area contributed by atoms with Crippen LogP contribution in [0.4, 0.5) is 13.2 Å². The van der Waals surface area contributed by atoms with Gasteiger partial charge in [-0.05, 0) is 6.42 Å². The van der Waals surface area contributed by atoms with E-state index in [0.717, 1.165) is 0 Å². The van der Waals surface area contributed by atoms with Gasteiger partial charge in [-0.15, -0.1) is 0 Å². The molecule has 17 heavy (non-hydrogen) atoms. The van der Waals surface area contributed by atoms with Crippen LogP contribution in [0.3, 0.4) is 0 Å². The maximum atomic E-state index is 11.7. The van der Waals surface area contributed by atoms with Crippen LogP contribution < -0.4 is 10.6 Å². The number of carbonyl (C=O) groups is 2. The van der Waals surface area contributed by atoms with Gasteiger partial charge in [0.2, 0.25) is 5.91 Å². The van der Waals surface area contributed by atoms with Gasteiger partial charge < -0.3 is 10.4 Å². The fourth-order valence-corrected chi connectivity index (χ4v) is 1.08. The number of carboxylic acid groups (broad SMARTS) is 1. The molecule has 0 aliphatic carbocycles. The highest BCUT2D eigenvalue weighted by Crippen LogP contribution is 2.11. The van der Waals surface area contributed by atoms with Gasteiger partial charge in [0.05, 0.1) is 6.54 Å². The number of halogens is 3. The standard InChI is InChI=1S/C9H15F3N2O3/c1-2-3-6(8(16)17)13-4-7(15)14-5-9(10,11)12/h6,13H,2-5H2,1H3,(H,14,15)(H,16,17). The molecule has 0 spiro atoms. The first-order valence-electron chi connectivity index (χ1n) is 5.06. The number of amides is 1. The zero-order valence-electron chi connectivity index (χ0n) is 9.30. The first-order valence-corrected chi connectivity index (χ1v) is 5.06. The van der Waals surface area contributed by atoms with E-state index in [1.807, 2.05) is 0 Å². The lowest BCUT2D eigenvalue weighted by molar-refractivity contribution is -0.141. The van der Waals surface area contributed by atoms with Gasteiger partial charge in [0.25, 0.3) is 0 Å². The van der Waals surface area contributed by atoms with E-state index in [-0.39, 0.29) is 0 Å². The summed E-state index contributed by atoms with van der Waals surface area (Å²) in [6.07, 6.45) is -3.57. The third-order valence-electron chi connectivity index (χ3n) is 1.87. The molecular weight excluding hydrogens is 241 g/mol. The second kappa shape index (κ2) is 7.10. The van der Waals surface area contributed by atoms with Crippen LogP contribution in [0.25, 0.3) is 0 Å². The number of hydrogen-bond donors (Lipinski definition) is 3. The van der Waals surface area contributed by atoms with Crippen molar-refractivity contribution in [2.45, 2.75) is 32.0 Å². The molecular formula is C9H15F3N2O3. The second-order valence-corrected chi connectivity index (χ2v) is 3.45. The molecule has 0 aromatic heterocycles. The summed E-state index contributed by atoms with van der Waals surface area (Å²) in [5.74, 6) is -2.01. The van der Waals surface area contributed by atoms with Gasteiger partial charge in [0.15, 0.2) is 0 Å². The summed E-state index contributed by atoms with van der Waals surface area (Å²) in [4.78, 5) is 21.6. The van der Waals surface area contributed by atoms with Crippen molar-refractivity contribution in [3.8, 4) is 0 Å². The van der Waals surface area contributed by atoms with Crippen molar-refractivity contribution in [2.24, 2.45) is 0 Å². The van der Waals surface area contributed by atoms with E-state index in [0.29, 0.717) is 12.8 Å². The SMILES string of the molecule is CCCC(NCC(=O)NCC(F)(F)F)C(=O)O. The van der Waals surface area contributed by atoms with E-state index in [4.69, 9.17) is 5.11 Å². The van der Waals surface area contributed by atoms with Crippen molar-refractivity contribution < 1.29 is 27.9 Å². The fourth-order valence-electron chi connectivity index (χ4n) is 1.08. The molecule has 0 saturated heterocycles. The smallest absolute Gasteiger partial charge is 0.405 e. The Morgan fingerprint density at radius 3 is 2.35 bits per heavy atom. The van der Waals surface area contributed by atoms with E-state index in [2.05, 4.69) is 5.32 Å². The number of alkyl halides is 3. The quantitative estimate of drug-likeness (QED) is 0.620. The molecule has 8 heteroatoms. The van der Waals surface area contributed by atoms with Crippen molar-refractivity contribution in [3.05, 3.63) is 0 Å². The van der Waals surface area contributed by atoms with Gasteiger partial charge in [0, 0.05) is 0 Å². The molecule has 100 valence electrons. The highest BCUT2D eigenvalue weighted by atomic mass is 19.4. The molecule has 3 N–H and O–H groups in total. The van der Waals surface area contributed by atoms with Crippen molar-refractivity contribution >= 4 is 11.9 Å². The zero-order valence-corrected chi connectivity index (χ0v) is 9.30. The topological polar surface area (TPSA) is 78.4 Å². The van der Waals surface area contributed by atoms with Crippen molar-refractivity contribution in [1.29, 1.82) is 0 Å². The predicted molar refractivity (Wildman–Crippen MR) is 53.4 cm³/mol. The minimum absolute atomic E-state index is 0.307. The molecule has 0 aromatic carbocycles. The Morgan fingerprint density at radius 2 is 1.94 bits per heavy atom. The monoisotopic (exact) mass is 256 g/mol. The molecule has 0 aliphatic rings. The van der Waals surface area contributed by atoms with E-state index >= 15 is 0 Å². The third-order valence-corrected chi connectivity index (χ3v) is 1.87. The summed E-state index contributed by atoms with van der Waals surface area (Å²) in [6.45, 7) is -0.104. The molecule has 0 bridgehead atoms. The normalized spacial score (nSPS) is 13.2. The maximum absolute atomic E-state index is 11.7. The van der Waals surface area contributed by atoms with Crippen LogP contribution in [0.1, 0.15) is 19.8 Å². The summed E-state index contributed by atoms with van der Waals surface area (Å²) in [7, 11) is 0. The van der Waals surface area contributed by atoms with E-state index in [1.54, 1.807) is 12.2 Å². The minimum atomic E-state index is -4.47. The van der Waals surface area contributed by atoms with Gasteiger partial charge >= 0.3 is 12.1 Å². The third kappa shape index (κ3) is 8.49. The first-order chi connectivity index (χ1) is 7.76. The number of carbonyl (C=O) groups excluding carboxylic acids is 1. The van der Waals surface area contributed by atoms with Crippen LogP contribution in [-0.4, -0.2) is 42.3 Å². The molecule has 5 nitrogen and oxygen atoms in total. The molecule has 1 atom stereocenters. The summed E-state index contributed by atoms with van der Waals surface area (Å²) in [5, 5.41) is 12.7. The van der Waals surface area contributed by atoms with Gasteiger partial charge in [0.1, 0.15) is 12.6 Å². The molecule has 0 heterocycles. The van der Waals surface area contributed by atoms with E-state index < -0.39 is 37.2 Å². The number of carboxylic acids is 1. The summed E-state index contributed by atoms with van der Waals surface area (Å²) < 4.78 is 35.2. The van der Waals surface area contributed by atoms with Crippen molar-refractivity contribution in [1.82, 2.24) is 10.6 Å². The van der Waals surface area contributed by atoms with Gasteiger partial charge in [-0.3, -0.25) is 14.9 Å². The molecule has 0 saturated carbocycles. The Kier molecular flexibility index (Phi) is 6.55. The molecule has 0 aliphatic heterocycles. The number of hydrogen-bond acceptors (Lipinski definition) is 3. The highest BCUT2D eigenvalue weighted by Gasteiger charge is 2.27. The molecule has 0 aromatic rings. The number of aliphatic carboxylic acids is 1. The lowest BCUT2D eigenvalue weighted by Gasteiger charge is -2.13.